The van der Waals surface area contributed by atoms with Crippen LogP contribution in [0.1, 0.15) is 48.8 Å². The van der Waals surface area contributed by atoms with Crippen molar-refractivity contribution in [3.63, 3.8) is 0 Å². The number of nitrogens with one attached hydrogen (secondary N) is 2. The van der Waals surface area contributed by atoms with Crippen LogP contribution in [0.2, 0.25) is 0 Å². The second kappa shape index (κ2) is 14.3. The molecule has 46 heavy (non-hydrogen) atoms. The standard InChI is InChI=1S/C36H49N7O3/c1-25-8-10-26(11-9-25)19-28-21-32(34(44)38-22-27-12-13-31-29(20-27)23-39-41(31)3)43(24-28)36(46)33-30(7-6-14-37-33)35(45)40(2)17-18-42-15-4-5-16-42/h8-13,20,23,28,30,32-33,37H,4-7,14-19,21-22,24H2,1-3H3,(H,38,44)/t28-,30+,32+,33-/m1/s1. The van der Waals surface area contributed by atoms with E-state index in [1.54, 1.807) is 4.90 Å². The lowest BCUT2D eigenvalue weighted by molar-refractivity contribution is -0.146. The molecule has 4 heterocycles. The maximum atomic E-state index is 14.4. The van der Waals surface area contributed by atoms with Crippen LogP contribution < -0.4 is 10.6 Å². The van der Waals surface area contributed by atoms with E-state index in [2.05, 4.69) is 51.8 Å². The normalized spacial score (nSPS) is 23.6. The zero-order valence-corrected chi connectivity index (χ0v) is 27.6. The molecule has 10 heteroatoms. The summed E-state index contributed by atoms with van der Waals surface area (Å²) < 4.78 is 1.83. The van der Waals surface area contributed by atoms with Gasteiger partial charge in [0.1, 0.15) is 6.04 Å². The molecular weight excluding hydrogens is 578 g/mol. The molecule has 3 saturated heterocycles. The minimum Gasteiger partial charge on any atom is -0.350 e. The van der Waals surface area contributed by atoms with E-state index in [1.165, 1.54) is 24.0 Å². The maximum absolute atomic E-state index is 14.4. The Balaban J connectivity index is 1.16. The Morgan fingerprint density at radius 1 is 1.04 bits per heavy atom. The van der Waals surface area contributed by atoms with Crippen LogP contribution >= 0.6 is 0 Å². The first-order valence-electron chi connectivity index (χ1n) is 17.0. The molecule has 3 fully saturated rings. The van der Waals surface area contributed by atoms with Gasteiger partial charge in [0.2, 0.25) is 17.7 Å². The molecule has 0 bridgehead atoms. The lowest BCUT2D eigenvalue weighted by Gasteiger charge is -2.37. The van der Waals surface area contributed by atoms with Gasteiger partial charge in [-0.1, -0.05) is 35.9 Å². The summed E-state index contributed by atoms with van der Waals surface area (Å²) in [5.74, 6) is -0.542. The van der Waals surface area contributed by atoms with Crippen LogP contribution in [0.5, 0.6) is 0 Å². The molecule has 0 aliphatic carbocycles. The average Bonchev–Trinajstić information content (AvgIpc) is 3.83. The number of carbonyl (C=O) groups is 3. The van der Waals surface area contributed by atoms with Gasteiger partial charge in [-0.25, -0.2) is 0 Å². The number of hydrogen-bond acceptors (Lipinski definition) is 6. The minimum absolute atomic E-state index is 0.0203. The van der Waals surface area contributed by atoms with E-state index in [9.17, 15) is 14.4 Å². The first-order chi connectivity index (χ1) is 22.3. The molecule has 0 unspecified atom stereocenters. The molecule has 3 aliphatic rings. The summed E-state index contributed by atoms with van der Waals surface area (Å²) in [6.07, 6.45) is 7.17. The van der Waals surface area contributed by atoms with Gasteiger partial charge in [0.25, 0.3) is 0 Å². The lowest BCUT2D eigenvalue weighted by Crippen LogP contribution is -2.59. The molecule has 3 amide bonds. The Labute approximate surface area is 272 Å². The van der Waals surface area contributed by atoms with Crippen molar-refractivity contribution in [2.45, 2.75) is 64.1 Å². The van der Waals surface area contributed by atoms with E-state index in [-0.39, 0.29) is 23.6 Å². The summed E-state index contributed by atoms with van der Waals surface area (Å²) in [7, 11) is 3.77. The van der Waals surface area contributed by atoms with E-state index in [4.69, 9.17) is 0 Å². The third kappa shape index (κ3) is 7.28. The number of benzene rings is 2. The second-order valence-electron chi connectivity index (χ2n) is 13.7. The van der Waals surface area contributed by atoms with Gasteiger partial charge >= 0.3 is 0 Å². The molecule has 10 nitrogen and oxygen atoms in total. The van der Waals surface area contributed by atoms with Gasteiger partial charge in [0, 0.05) is 45.7 Å². The zero-order valence-electron chi connectivity index (χ0n) is 27.6. The Morgan fingerprint density at radius 3 is 2.59 bits per heavy atom. The fourth-order valence-electron chi connectivity index (χ4n) is 7.53. The predicted molar refractivity (Wildman–Crippen MR) is 179 cm³/mol. The van der Waals surface area contributed by atoms with Crippen molar-refractivity contribution in [3.05, 3.63) is 65.4 Å². The lowest BCUT2D eigenvalue weighted by atomic mass is 9.88. The number of carbonyl (C=O) groups excluding carboxylic acids is 3. The fourth-order valence-corrected chi connectivity index (χ4v) is 7.53. The van der Waals surface area contributed by atoms with Crippen LogP contribution in [0.25, 0.3) is 10.9 Å². The minimum atomic E-state index is -0.628. The van der Waals surface area contributed by atoms with Gasteiger partial charge in [-0.2, -0.15) is 5.10 Å². The second-order valence-corrected chi connectivity index (χ2v) is 13.7. The summed E-state index contributed by atoms with van der Waals surface area (Å²) >= 11 is 0. The quantitative estimate of drug-likeness (QED) is 0.359. The number of amides is 3. The molecule has 3 aromatic rings. The summed E-state index contributed by atoms with van der Waals surface area (Å²) in [6, 6.07) is 13.3. The monoisotopic (exact) mass is 627 g/mol. The Bertz CT molecular complexity index is 1530. The SMILES string of the molecule is Cc1ccc(C[C@@H]2C[C@@H](C(=O)NCc3ccc4c(cnn4C)c3)N(C(=O)[C@@H]3NCCC[C@@H]3C(=O)N(C)CCN3CCCC3)C2)cc1. The van der Waals surface area contributed by atoms with Crippen molar-refractivity contribution < 1.29 is 14.4 Å². The van der Waals surface area contributed by atoms with Crippen molar-refractivity contribution in [1.29, 1.82) is 0 Å². The number of likely N-dealkylation sites (tertiary alicyclic amines) is 2. The number of nitrogens with zero attached hydrogens (tertiary/aromatic N) is 5. The van der Waals surface area contributed by atoms with Gasteiger partial charge in [0.05, 0.1) is 23.7 Å². The van der Waals surface area contributed by atoms with Crippen LogP contribution in [-0.2, 0) is 34.4 Å². The number of aryl methyl sites for hydroxylation is 2. The summed E-state index contributed by atoms with van der Waals surface area (Å²) in [6.45, 7) is 7.34. The largest absolute Gasteiger partial charge is 0.350 e. The van der Waals surface area contributed by atoms with Crippen molar-refractivity contribution in [1.82, 2.24) is 35.1 Å². The molecule has 246 valence electrons. The van der Waals surface area contributed by atoms with Crippen LogP contribution in [0, 0.1) is 18.8 Å². The van der Waals surface area contributed by atoms with Crippen molar-refractivity contribution >= 4 is 28.6 Å². The molecule has 1 aromatic heterocycles. The number of fused-ring (bicyclic) bond motifs is 1. The van der Waals surface area contributed by atoms with Crippen LogP contribution in [0.3, 0.4) is 0 Å². The van der Waals surface area contributed by atoms with Crippen molar-refractivity contribution in [2.24, 2.45) is 18.9 Å². The number of hydrogen-bond donors (Lipinski definition) is 2. The molecule has 3 aliphatic heterocycles. The maximum Gasteiger partial charge on any atom is 0.243 e. The van der Waals surface area contributed by atoms with Gasteiger partial charge in [-0.3, -0.25) is 19.1 Å². The summed E-state index contributed by atoms with van der Waals surface area (Å²) in [5, 5.41) is 11.9. The van der Waals surface area contributed by atoms with Gasteiger partial charge in [-0.15, -0.1) is 0 Å². The van der Waals surface area contributed by atoms with Crippen LogP contribution in [0.4, 0.5) is 0 Å². The molecule has 0 saturated carbocycles. The first-order valence-corrected chi connectivity index (χ1v) is 17.0. The molecule has 2 aromatic carbocycles. The highest BCUT2D eigenvalue weighted by Crippen LogP contribution is 2.30. The van der Waals surface area contributed by atoms with Gasteiger partial charge in [-0.05, 0) is 94.3 Å². The first kappa shape index (κ1) is 32.2. The Hall–Kier alpha value is -3.76. The molecule has 4 atom stereocenters. The number of aromatic nitrogens is 2. The Morgan fingerprint density at radius 2 is 1.80 bits per heavy atom. The number of rotatable bonds is 10. The van der Waals surface area contributed by atoms with E-state index in [0.717, 1.165) is 48.9 Å². The average molecular weight is 628 g/mol. The molecule has 0 radical (unpaired) electrons. The smallest absolute Gasteiger partial charge is 0.243 e. The van der Waals surface area contributed by atoms with E-state index in [1.807, 2.05) is 48.1 Å². The molecule has 6 rings (SSSR count). The highest BCUT2D eigenvalue weighted by atomic mass is 16.2. The van der Waals surface area contributed by atoms with Crippen LogP contribution in [-0.4, -0.2) is 101 Å². The predicted octanol–water partition coefficient (Wildman–Crippen LogP) is 2.88. The fraction of sp³-hybridized carbons (Fsp3) is 0.556. The number of piperidine rings is 1. The third-order valence-corrected chi connectivity index (χ3v) is 10.3. The van der Waals surface area contributed by atoms with Gasteiger partial charge in [0.15, 0.2) is 0 Å². The summed E-state index contributed by atoms with van der Waals surface area (Å²) in [4.78, 5) is 48.0. The molecule has 0 spiro atoms. The summed E-state index contributed by atoms with van der Waals surface area (Å²) in [5.41, 5.74) is 4.43. The van der Waals surface area contributed by atoms with Crippen LogP contribution in [0.15, 0.2) is 48.7 Å². The zero-order chi connectivity index (χ0) is 32.2. The highest BCUT2D eigenvalue weighted by molar-refractivity contribution is 5.94. The van der Waals surface area contributed by atoms with Gasteiger partial charge < -0.3 is 25.3 Å². The molecule has 2 N–H and O–H groups in total. The molecular formula is C36H49N7O3. The van der Waals surface area contributed by atoms with Crippen molar-refractivity contribution in [2.75, 3.05) is 46.3 Å². The van der Waals surface area contributed by atoms with E-state index >= 15 is 0 Å². The Kier molecular flexibility index (Phi) is 10.0. The van der Waals surface area contributed by atoms with E-state index in [0.29, 0.717) is 39.0 Å². The van der Waals surface area contributed by atoms with Crippen molar-refractivity contribution in [3.8, 4) is 0 Å². The number of likely N-dealkylation sites (N-methyl/N-ethyl adjacent to an activating group) is 1. The topological polar surface area (TPSA) is 103 Å². The van der Waals surface area contributed by atoms with E-state index < -0.39 is 18.0 Å². The highest BCUT2D eigenvalue weighted by Gasteiger charge is 2.45. The third-order valence-electron chi connectivity index (χ3n) is 10.3.